The third-order valence-electron chi connectivity index (χ3n) is 3.63. The molecule has 2 unspecified atom stereocenters. The zero-order chi connectivity index (χ0) is 13.1. The van der Waals surface area contributed by atoms with Crippen LogP contribution in [0.3, 0.4) is 0 Å². The zero-order valence-electron chi connectivity index (χ0n) is 10.6. The number of benzene rings is 1. The quantitative estimate of drug-likeness (QED) is 0.657. The molecule has 0 aliphatic carbocycles. The molecule has 0 bridgehead atoms. The van der Waals surface area contributed by atoms with Crippen LogP contribution in [0, 0.1) is 10.1 Å². The van der Waals surface area contributed by atoms with E-state index in [0.717, 1.165) is 31.5 Å². The second-order valence-electron chi connectivity index (χ2n) is 4.73. The Labute approximate surface area is 107 Å². The van der Waals surface area contributed by atoms with Gasteiger partial charge in [0.15, 0.2) is 0 Å². The first-order chi connectivity index (χ1) is 8.63. The average Bonchev–Trinajstić information content (AvgIpc) is 2.38. The maximum atomic E-state index is 10.6. The first kappa shape index (κ1) is 13.0. The molecule has 0 amide bonds. The first-order valence-electron chi connectivity index (χ1n) is 6.37. The molecule has 1 fully saturated rings. The van der Waals surface area contributed by atoms with Gasteiger partial charge in [0, 0.05) is 24.2 Å². The highest BCUT2D eigenvalue weighted by molar-refractivity contribution is 5.35. The molecular formula is C13H19N3O2. The van der Waals surface area contributed by atoms with Crippen LogP contribution in [0.25, 0.3) is 0 Å². The Kier molecular flexibility index (Phi) is 3.93. The molecule has 18 heavy (non-hydrogen) atoms. The maximum absolute atomic E-state index is 10.6. The molecule has 1 aliphatic heterocycles. The van der Waals surface area contributed by atoms with Crippen molar-refractivity contribution in [3.8, 4) is 0 Å². The number of hydrogen-bond acceptors (Lipinski definition) is 4. The average molecular weight is 249 g/mol. The van der Waals surface area contributed by atoms with Crippen LogP contribution in [0.15, 0.2) is 24.3 Å². The standard InChI is InChI=1S/C13H19N3O2/c1-2-15-9-3-4-12(14)13(15)10-5-7-11(8-6-10)16(17)18/h5-8,12-13H,2-4,9,14H2,1H3. The molecule has 0 saturated carbocycles. The molecule has 5 heteroatoms. The van der Waals surface area contributed by atoms with Crippen LogP contribution in [-0.4, -0.2) is 29.0 Å². The number of non-ortho nitro benzene ring substituents is 1. The highest BCUT2D eigenvalue weighted by Gasteiger charge is 2.29. The maximum Gasteiger partial charge on any atom is 0.269 e. The van der Waals surface area contributed by atoms with Crippen molar-refractivity contribution >= 4 is 5.69 Å². The van der Waals surface area contributed by atoms with E-state index in [2.05, 4.69) is 11.8 Å². The fourth-order valence-electron chi connectivity index (χ4n) is 2.70. The van der Waals surface area contributed by atoms with Crippen LogP contribution in [0.1, 0.15) is 31.4 Å². The summed E-state index contributed by atoms with van der Waals surface area (Å²) in [7, 11) is 0. The van der Waals surface area contributed by atoms with Crippen molar-refractivity contribution in [3.05, 3.63) is 39.9 Å². The Morgan fingerprint density at radius 2 is 2.11 bits per heavy atom. The number of nitro benzene ring substituents is 1. The van der Waals surface area contributed by atoms with Crippen LogP contribution in [-0.2, 0) is 0 Å². The van der Waals surface area contributed by atoms with Crippen molar-refractivity contribution in [1.29, 1.82) is 0 Å². The normalized spacial score (nSPS) is 25.0. The summed E-state index contributed by atoms with van der Waals surface area (Å²) < 4.78 is 0. The van der Waals surface area contributed by atoms with Crippen molar-refractivity contribution in [1.82, 2.24) is 4.90 Å². The molecule has 0 radical (unpaired) electrons. The monoisotopic (exact) mass is 249 g/mol. The summed E-state index contributed by atoms with van der Waals surface area (Å²) in [5.41, 5.74) is 7.41. The number of hydrogen-bond donors (Lipinski definition) is 1. The van der Waals surface area contributed by atoms with Crippen LogP contribution in [0.2, 0.25) is 0 Å². The van der Waals surface area contributed by atoms with Crippen molar-refractivity contribution < 1.29 is 4.92 Å². The van der Waals surface area contributed by atoms with Crippen molar-refractivity contribution in [3.63, 3.8) is 0 Å². The molecule has 1 aromatic carbocycles. The van der Waals surface area contributed by atoms with E-state index in [0.29, 0.717) is 0 Å². The predicted molar refractivity (Wildman–Crippen MR) is 70.3 cm³/mol. The van der Waals surface area contributed by atoms with Crippen LogP contribution in [0.5, 0.6) is 0 Å². The first-order valence-corrected chi connectivity index (χ1v) is 6.37. The van der Waals surface area contributed by atoms with Gasteiger partial charge >= 0.3 is 0 Å². The molecule has 2 rings (SSSR count). The van der Waals surface area contributed by atoms with Crippen LogP contribution >= 0.6 is 0 Å². The molecule has 2 atom stereocenters. The molecule has 0 spiro atoms. The molecule has 0 aromatic heterocycles. The summed E-state index contributed by atoms with van der Waals surface area (Å²) in [6.07, 6.45) is 2.14. The van der Waals surface area contributed by atoms with E-state index < -0.39 is 0 Å². The van der Waals surface area contributed by atoms with E-state index in [-0.39, 0.29) is 22.7 Å². The van der Waals surface area contributed by atoms with Gasteiger partial charge in [0.25, 0.3) is 5.69 Å². The number of nitrogens with two attached hydrogens (primary N) is 1. The number of rotatable bonds is 3. The van der Waals surface area contributed by atoms with Crippen LogP contribution in [0.4, 0.5) is 5.69 Å². The second kappa shape index (κ2) is 5.46. The third kappa shape index (κ3) is 2.52. The van der Waals surface area contributed by atoms with Crippen LogP contribution < -0.4 is 5.73 Å². The van der Waals surface area contributed by atoms with E-state index in [1.807, 2.05) is 12.1 Å². The van der Waals surface area contributed by atoms with E-state index in [1.165, 1.54) is 0 Å². The van der Waals surface area contributed by atoms with Gasteiger partial charge in [-0.05, 0) is 31.5 Å². The fourth-order valence-corrected chi connectivity index (χ4v) is 2.70. The lowest BCUT2D eigenvalue weighted by atomic mass is 9.91. The minimum Gasteiger partial charge on any atom is -0.326 e. The fraction of sp³-hybridized carbons (Fsp3) is 0.538. The summed E-state index contributed by atoms with van der Waals surface area (Å²) in [6.45, 7) is 4.12. The smallest absolute Gasteiger partial charge is 0.269 e. The lowest BCUT2D eigenvalue weighted by Gasteiger charge is -2.39. The van der Waals surface area contributed by atoms with Gasteiger partial charge in [-0.2, -0.15) is 0 Å². The van der Waals surface area contributed by atoms with E-state index in [1.54, 1.807) is 12.1 Å². The summed E-state index contributed by atoms with van der Waals surface area (Å²) in [5.74, 6) is 0. The number of likely N-dealkylation sites (tertiary alicyclic amines) is 1. The van der Waals surface area contributed by atoms with E-state index >= 15 is 0 Å². The number of likely N-dealkylation sites (N-methyl/N-ethyl adjacent to an activating group) is 1. The lowest BCUT2D eigenvalue weighted by molar-refractivity contribution is -0.384. The Hall–Kier alpha value is -1.46. The molecule has 1 saturated heterocycles. The minimum atomic E-state index is -0.373. The number of nitro groups is 1. The summed E-state index contributed by atoms with van der Waals surface area (Å²) in [6, 6.07) is 7.08. The molecule has 98 valence electrons. The van der Waals surface area contributed by atoms with Gasteiger partial charge in [-0.3, -0.25) is 15.0 Å². The topological polar surface area (TPSA) is 72.4 Å². The Balaban J connectivity index is 2.24. The number of nitrogens with zero attached hydrogens (tertiary/aromatic N) is 2. The number of piperidine rings is 1. The highest BCUT2D eigenvalue weighted by Crippen LogP contribution is 2.30. The molecule has 1 aromatic rings. The van der Waals surface area contributed by atoms with Gasteiger partial charge < -0.3 is 5.73 Å². The molecule has 5 nitrogen and oxygen atoms in total. The third-order valence-corrected chi connectivity index (χ3v) is 3.63. The van der Waals surface area contributed by atoms with Crippen molar-refractivity contribution in [2.24, 2.45) is 5.73 Å². The lowest BCUT2D eigenvalue weighted by Crippen LogP contribution is -2.45. The SMILES string of the molecule is CCN1CCCC(N)C1c1ccc([N+](=O)[O-])cc1. The molecule has 1 heterocycles. The van der Waals surface area contributed by atoms with Gasteiger partial charge in [-0.25, -0.2) is 0 Å². The summed E-state index contributed by atoms with van der Waals surface area (Å²) >= 11 is 0. The minimum absolute atomic E-state index is 0.111. The Bertz CT molecular complexity index is 419. The molecule has 1 aliphatic rings. The summed E-state index contributed by atoms with van der Waals surface area (Å²) in [5, 5.41) is 10.6. The Morgan fingerprint density at radius 3 is 2.67 bits per heavy atom. The van der Waals surface area contributed by atoms with E-state index in [4.69, 9.17) is 5.73 Å². The molecular weight excluding hydrogens is 230 g/mol. The van der Waals surface area contributed by atoms with Gasteiger partial charge in [-0.1, -0.05) is 19.1 Å². The van der Waals surface area contributed by atoms with Gasteiger partial charge in [0.2, 0.25) is 0 Å². The van der Waals surface area contributed by atoms with E-state index in [9.17, 15) is 10.1 Å². The van der Waals surface area contributed by atoms with Gasteiger partial charge in [-0.15, -0.1) is 0 Å². The second-order valence-corrected chi connectivity index (χ2v) is 4.73. The highest BCUT2D eigenvalue weighted by atomic mass is 16.6. The van der Waals surface area contributed by atoms with Gasteiger partial charge in [0.05, 0.1) is 4.92 Å². The van der Waals surface area contributed by atoms with Gasteiger partial charge in [0.1, 0.15) is 0 Å². The largest absolute Gasteiger partial charge is 0.326 e. The zero-order valence-corrected chi connectivity index (χ0v) is 10.6. The van der Waals surface area contributed by atoms with Crippen molar-refractivity contribution in [2.75, 3.05) is 13.1 Å². The molecule has 2 N–H and O–H groups in total. The summed E-state index contributed by atoms with van der Waals surface area (Å²) in [4.78, 5) is 12.6. The predicted octanol–water partition coefficient (Wildman–Crippen LogP) is 2.08. The Morgan fingerprint density at radius 1 is 1.44 bits per heavy atom. The van der Waals surface area contributed by atoms with Crippen molar-refractivity contribution in [2.45, 2.75) is 31.8 Å².